The lowest BCUT2D eigenvalue weighted by atomic mass is 10.2. The standard InChI is InChI=1S/C23H21FN4OS/c1-15-17-14-20(30-23(17)28(26-15)16-8-3-2-4-9-16)22(29)25-21-18(24)10-7-11-19(21)27-12-5-6-13-27/h2-4,7-11,14H,5-6,12-13H2,1H3,(H,25,29). The molecule has 4 aromatic rings. The molecule has 5 nitrogen and oxygen atoms in total. The average Bonchev–Trinajstić information content (AvgIpc) is 3.49. The van der Waals surface area contributed by atoms with Crippen molar-refractivity contribution in [2.45, 2.75) is 19.8 Å². The van der Waals surface area contributed by atoms with Crippen LogP contribution in [0.3, 0.4) is 0 Å². The van der Waals surface area contributed by atoms with E-state index >= 15 is 0 Å². The largest absolute Gasteiger partial charge is 0.370 e. The van der Waals surface area contributed by atoms with Gasteiger partial charge in [-0.15, -0.1) is 11.3 Å². The maximum atomic E-state index is 14.6. The lowest BCUT2D eigenvalue weighted by Crippen LogP contribution is -2.21. The molecule has 0 radical (unpaired) electrons. The number of nitrogens with zero attached hydrogens (tertiary/aromatic N) is 3. The van der Waals surface area contributed by atoms with E-state index in [0.717, 1.165) is 53.2 Å². The summed E-state index contributed by atoms with van der Waals surface area (Å²) in [7, 11) is 0. The maximum absolute atomic E-state index is 14.6. The van der Waals surface area contributed by atoms with Crippen molar-refractivity contribution in [1.82, 2.24) is 9.78 Å². The molecule has 2 aromatic heterocycles. The van der Waals surface area contributed by atoms with E-state index in [0.29, 0.717) is 4.88 Å². The number of carbonyl (C=O) groups is 1. The van der Waals surface area contributed by atoms with Crippen LogP contribution < -0.4 is 10.2 Å². The van der Waals surface area contributed by atoms with Gasteiger partial charge >= 0.3 is 0 Å². The van der Waals surface area contributed by atoms with Crippen LogP contribution in [0.1, 0.15) is 28.2 Å². The molecule has 0 unspecified atom stereocenters. The highest BCUT2D eigenvalue weighted by atomic mass is 32.1. The Morgan fingerprint density at radius 2 is 1.87 bits per heavy atom. The molecule has 0 spiro atoms. The highest BCUT2D eigenvalue weighted by Gasteiger charge is 2.22. The van der Waals surface area contributed by atoms with Crippen molar-refractivity contribution in [3.63, 3.8) is 0 Å². The summed E-state index contributed by atoms with van der Waals surface area (Å²) >= 11 is 1.36. The van der Waals surface area contributed by atoms with E-state index in [4.69, 9.17) is 0 Å². The Bertz CT molecular complexity index is 1220. The first-order valence-corrected chi connectivity index (χ1v) is 10.8. The number of para-hydroxylation sites is 2. The van der Waals surface area contributed by atoms with Crippen LogP contribution in [0.15, 0.2) is 54.6 Å². The maximum Gasteiger partial charge on any atom is 0.265 e. The Balaban J connectivity index is 1.49. The van der Waals surface area contributed by atoms with Crippen LogP contribution in [-0.2, 0) is 0 Å². The van der Waals surface area contributed by atoms with Crippen molar-refractivity contribution in [3.8, 4) is 5.69 Å². The summed E-state index contributed by atoms with van der Waals surface area (Å²) in [5, 5.41) is 8.37. The Morgan fingerprint density at radius 1 is 1.10 bits per heavy atom. The van der Waals surface area contributed by atoms with E-state index in [-0.39, 0.29) is 11.6 Å². The molecule has 1 fully saturated rings. The molecule has 1 aliphatic heterocycles. The quantitative estimate of drug-likeness (QED) is 0.482. The monoisotopic (exact) mass is 420 g/mol. The Kier molecular flexibility index (Phi) is 4.75. The molecular formula is C23H21FN4OS. The second-order valence-electron chi connectivity index (χ2n) is 7.44. The lowest BCUT2D eigenvalue weighted by Gasteiger charge is -2.21. The SMILES string of the molecule is Cc1nn(-c2ccccc2)c2sc(C(=O)Nc3c(F)cccc3N3CCCC3)cc12. The number of rotatable bonds is 4. The van der Waals surface area contributed by atoms with Crippen LogP contribution in [0, 0.1) is 12.7 Å². The molecule has 2 aromatic carbocycles. The van der Waals surface area contributed by atoms with Gasteiger partial charge in [0.25, 0.3) is 5.91 Å². The van der Waals surface area contributed by atoms with Crippen LogP contribution in [0.25, 0.3) is 15.9 Å². The first-order chi connectivity index (χ1) is 14.6. The number of carbonyl (C=O) groups excluding carboxylic acids is 1. The summed E-state index contributed by atoms with van der Waals surface area (Å²) in [4.78, 5) is 16.6. The third-order valence-corrected chi connectivity index (χ3v) is 6.56. The molecule has 1 saturated heterocycles. The summed E-state index contributed by atoms with van der Waals surface area (Å²) in [6, 6.07) is 16.6. The van der Waals surface area contributed by atoms with E-state index in [2.05, 4.69) is 15.3 Å². The van der Waals surface area contributed by atoms with Crippen LogP contribution in [0.5, 0.6) is 0 Å². The third kappa shape index (κ3) is 3.25. The number of fused-ring (bicyclic) bond motifs is 1. The molecule has 7 heteroatoms. The third-order valence-electron chi connectivity index (χ3n) is 5.45. The molecule has 0 bridgehead atoms. The number of thiophene rings is 1. The topological polar surface area (TPSA) is 50.2 Å². The van der Waals surface area contributed by atoms with Gasteiger partial charge in [-0.1, -0.05) is 24.3 Å². The van der Waals surface area contributed by atoms with Crippen molar-refractivity contribution in [2.75, 3.05) is 23.3 Å². The van der Waals surface area contributed by atoms with E-state index in [9.17, 15) is 9.18 Å². The molecular weight excluding hydrogens is 399 g/mol. The predicted molar refractivity (Wildman–Crippen MR) is 119 cm³/mol. The van der Waals surface area contributed by atoms with Crippen LogP contribution in [0.4, 0.5) is 15.8 Å². The number of benzene rings is 2. The molecule has 3 heterocycles. The molecule has 5 rings (SSSR count). The molecule has 0 atom stereocenters. The van der Waals surface area contributed by atoms with Gasteiger partial charge in [-0.05, 0) is 50.1 Å². The van der Waals surface area contributed by atoms with Gasteiger partial charge in [-0.25, -0.2) is 9.07 Å². The van der Waals surface area contributed by atoms with Gasteiger partial charge in [0.05, 0.1) is 21.9 Å². The highest BCUT2D eigenvalue weighted by Crippen LogP contribution is 2.34. The number of halogens is 1. The van der Waals surface area contributed by atoms with Gasteiger partial charge < -0.3 is 10.2 Å². The first-order valence-electron chi connectivity index (χ1n) is 10.0. The summed E-state index contributed by atoms with van der Waals surface area (Å²) in [5.41, 5.74) is 2.79. The van der Waals surface area contributed by atoms with Crippen LogP contribution >= 0.6 is 11.3 Å². The fourth-order valence-electron chi connectivity index (χ4n) is 3.94. The number of amides is 1. The molecule has 0 saturated carbocycles. The average molecular weight is 421 g/mol. The lowest BCUT2D eigenvalue weighted by molar-refractivity contribution is 0.103. The molecule has 152 valence electrons. The smallest absolute Gasteiger partial charge is 0.265 e. The Labute approximate surface area is 177 Å². The zero-order chi connectivity index (χ0) is 20.7. The Morgan fingerprint density at radius 3 is 2.63 bits per heavy atom. The van der Waals surface area contributed by atoms with E-state index in [1.54, 1.807) is 6.07 Å². The van der Waals surface area contributed by atoms with Crippen molar-refractivity contribution < 1.29 is 9.18 Å². The first kappa shape index (κ1) is 18.8. The summed E-state index contributed by atoms with van der Waals surface area (Å²) < 4.78 is 16.5. The van der Waals surface area contributed by atoms with Crippen molar-refractivity contribution >= 4 is 38.8 Å². The minimum Gasteiger partial charge on any atom is -0.370 e. The van der Waals surface area contributed by atoms with Gasteiger partial charge in [0.1, 0.15) is 16.3 Å². The van der Waals surface area contributed by atoms with Crippen molar-refractivity contribution in [3.05, 3.63) is 71.0 Å². The molecule has 0 aliphatic carbocycles. The van der Waals surface area contributed by atoms with Gasteiger partial charge in [-0.2, -0.15) is 5.10 Å². The number of nitrogens with one attached hydrogen (secondary N) is 1. The zero-order valence-electron chi connectivity index (χ0n) is 16.6. The fourth-order valence-corrected chi connectivity index (χ4v) is 5.01. The fraction of sp³-hybridized carbons (Fsp3) is 0.217. The van der Waals surface area contributed by atoms with Gasteiger partial charge in [0.15, 0.2) is 0 Å². The summed E-state index contributed by atoms with van der Waals surface area (Å²) in [5.74, 6) is -0.721. The number of hydrogen-bond acceptors (Lipinski definition) is 4. The number of anilines is 2. The number of hydrogen-bond donors (Lipinski definition) is 1. The molecule has 1 amide bonds. The molecule has 30 heavy (non-hydrogen) atoms. The van der Waals surface area contributed by atoms with E-state index in [1.165, 1.54) is 17.4 Å². The van der Waals surface area contributed by atoms with Gasteiger partial charge in [0, 0.05) is 18.5 Å². The van der Waals surface area contributed by atoms with E-state index < -0.39 is 5.82 Å². The summed E-state index contributed by atoms with van der Waals surface area (Å²) in [6.45, 7) is 3.68. The minimum absolute atomic E-state index is 0.253. The highest BCUT2D eigenvalue weighted by molar-refractivity contribution is 7.20. The van der Waals surface area contributed by atoms with Crippen LogP contribution in [-0.4, -0.2) is 28.8 Å². The molecule has 1 N–H and O–H groups in total. The number of aryl methyl sites for hydroxylation is 1. The second kappa shape index (κ2) is 7.57. The molecule has 1 aliphatic rings. The number of aromatic nitrogens is 2. The minimum atomic E-state index is -0.416. The zero-order valence-corrected chi connectivity index (χ0v) is 17.4. The van der Waals surface area contributed by atoms with Crippen molar-refractivity contribution in [1.29, 1.82) is 0 Å². The normalized spacial score (nSPS) is 13.9. The second-order valence-corrected chi connectivity index (χ2v) is 8.48. The van der Waals surface area contributed by atoms with E-state index in [1.807, 2.05) is 54.1 Å². The Hall–Kier alpha value is -3.19. The summed E-state index contributed by atoms with van der Waals surface area (Å²) in [6.07, 6.45) is 2.16. The predicted octanol–water partition coefficient (Wildman–Crippen LogP) is 5.39. The van der Waals surface area contributed by atoms with Crippen LogP contribution in [0.2, 0.25) is 0 Å². The van der Waals surface area contributed by atoms with Crippen molar-refractivity contribution in [2.24, 2.45) is 0 Å². The van der Waals surface area contributed by atoms with Gasteiger partial charge in [0.2, 0.25) is 0 Å². The van der Waals surface area contributed by atoms with Gasteiger partial charge in [-0.3, -0.25) is 4.79 Å².